The highest BCUT2D eigenvalue weighted by atomic mass is 79.9. The van der Waals surface area contributed by atoms with Crippen molar-refractivity contribution in [1.29, 1.82) is 0 Å². The van der Waals surface area contributed by atoms with Crippen molar-refractivity contribution in [3.05, 3.63) is 94.5 Å². The van der Waals surface area contributed by atoms with Crippen LogP contribution in [-0.2, 0) is 19.4 Å². The molecule has 5 rings (SSSR count). The van der Waals surface area contributed by atoms with Crippen LogP contribution in [0, 0.1) is 0 Å². The van der Waals surface area contributed by atoms with Crippen molar-refractivity contribution in [3.8, 4) is 5.75 Å². The third kappa shape index (κ3) is 7.29. The van der Waals surface area contributed by atoms with Crippen LogP contribution in [0.2, 0.25) is 0 Å². The van der Waals surface area contributed by atoms with E-state index in [2.05, 4.69) is 21.4 Å². The highest BCUT2D eigenvalue weighted by Gasteiger charge is 2.54. The van der Waals surface area contributed by atoms with E-state index < -0.39 is 27.4 Å². The summed E-state index contributed by atoms with van der Waals surface area (Å²) in [5, 5.41) is 10.9. The smallest absolute Gasteiger partial charge is 0.266 e. The average molecular weight is 671 g/mol. The summed E-state index contributed by atoms with van der Waals surface area (Å²) in [6.45, 7) is 1.84. The van der Waals surface area contributed by atoms with Crippen LogP contribution in [-0.4, -0.2) is 67.9 Å². The van der Waals surface area contributed by atoms with Crippen LogP contribution in [0.4, 0.5) is 0 Å². The number of hydrogen-bond acceptors (Lipinski definition) is 8. The Hall–Kier alpha value is -3.25. The Balaban J connectivity index is 1.55. The van der Waals surface area contributed by atoms with Crippen molar-refractivity contribution in [1.82, 2.24) is 10.4 Å². The summed E-state index contributed by atoms with van der Waals surface area (Å²) in [6.07, 6.45) is 2.54. The number of hydrazine groups is 1. The van der Waals surface area contributed by atoms with Crippen molar-refractivity contribution in [3.63, 3.8) is 0 Å². The number of carbonyl (C=O) groups is 1. The predicted molar refractivity (Wildman–Crippen MR) is 168 cm³/mol. The fourth-order valence-electron chi connectivity index (χ4n) is 5.32. The fourth-order valence-corrected chi connectivity index (χ4v) is 7.20. The number of sulfone groups is 1. The number of aliphatic imine (C=N–C) groups is 1. The first-order valence-corrected chi connectivity index (χ1v) is 17.0. The number of halogens is 1. The van der Waals surface area contributed by atoms with E-state index >= 15 is 0 Å². The van der Waals surface area contributed by atoms with Crippen LogP contribution in [0.15, 0.2) is 93.2 Å². The molecule has 11 heteroatoms. The molecule has 9 nitrogen and oxygen atoms in total. The number of aliphatic hydroxyl groups excluding tert-OH is 1. The van der Waals surface area contributed by atoms with E-state index in [0.717, 1.165) is 23.7 Å². The maximum absolute atomic E-state index is 14.4. The molecular weight excluding hydrogens is 634 g/mol. The Morgan fingerprint density at radius 2 is 1.72 bits per heavy atom. The van der Waals surface area contributed by atoms with Crippen molar-refractivity contribution in [2.24, 2.45) is 4.99 Å². The second-order valence-corrected chi connectivity index (χ2v) is 13.6. The summed E-state index contributed by atoms with van der Waals surface area (Å²) in [4.78, 5) is 19.5. The van der Waals surface area contributed by atoms with Gasteiger partial charge in [0.05, 0.1) is 17.3 Å². The zero-order chi connectivity index (χ0) is 30.3. The lowest BCUT2D eigenvalue weighted by Crippen LogP contribution is -2.55. The highest BCUT2D eigenvalue weighted by Crippen LogP contribution is 2.45. The summed E-state index contributed by atoms with van der Waals surface area (Å²) < 4.78 is 39.9. The lowest BCUT2D eigenvalue weighted by molar-refractivity contribution is -0.134. The van der Waals surface area contributed by atoms with E-state index in [1.54, 1.807) is 54.6 Å². The minimum Gasteiger partial charge on any atom is -0.494 e. The SMILES string of the molecule is O=C(NN1CCCCC1)[C@@]1(CCS(=O)(=O)c2ccccc2)N=C(c2ccc(OCCCO)cc2)O[C@H]1c1ccccc1Br. The first kappa shape index (κ1) is 31.2. The van der Waals surface area contributed by atoms with Gasteiger partial charge in [0, 0.05) is 48.1 Å². The number of benzene rings is 3. The molecule has 0 unspecified atom stereocenters. The van der Waals surface area contributed by atoms with Gasteiger partial charge in [-0.15, -0.1) is 0 Å². The Bertz CT molecular complexity index is 1530. The summed E-state index contributed by atoms with van der Waals surface area (Å²) in [5.74, 6) is 0.163. The number of nitrogens with one attached hydrogen (secondary N) is 1. The number of nitrogens with zero attached hydrogens (tertiary/aromatic N) is 2. The van der Waals surface area contributed by atoms with Crippen molar-refractivity contribution >= 4 is 37.6 Å². The van der Waals surface area contributed by atoms with E-state index in [9.17, 15) is 13.2 Å². The zero-order valence-electron chi connectivity index (χ0n) is 23.8. The highest BCUT2D eigenvalue weighted by molar-refractivity contribution is 9.10. The number of aliphatic hydroxyl groups is 1. The molecule has 0 spiro atoms. The monoisotopic (exact) mass is 669 g/mol. The molecule has 228 valence electrons. The molecule has 0 saturated carbocycles. The molecule has 1 saturated heterocycles. The Morgan fingerprint density at radius 3 is 2.42 bits per heavy atom. The molecule has 2 aliphatic rings. The second-order valence-electron chi connectivity index (χ2n) is 10.7. The Kier molecular flexibility index (Phi) is 10.2. The van der Waals surface area contributed by atoms with Crippen molar-refractivity contribution in [2.45, 2.75) is 48.6 Å². The molecule has 3 aromatic rings. The van der Waals surface area contributed by atoms with E-state index in [4.69, 9.17) is 19.6 Å². The topological polar surface area (TPSA) is 118 Å². The van der Waals surface area contributed by atoms with Gasteiger partial charge in [-0.1, -0.05) is 58.7 Å². The second kappa shape index (κ2) is 14.0. The van der Waals surface area contributed by atoms with Crippen molar-refractivity contribution < 1.29 is 27.8 Å². The molecule has 2 heterocycles. The standard InChI is InChI=1S/C32H36BrN3O6S/c33-28-13-6-5-12-27(28)29-32(31(38)35-36-19-7-2-8-20-36,18-23-43(39,40)26-10-3-1-4-11-26)34-30(42-29)24-14-16-25(17-15-24)41-22-9-21-37/h1,3-6,10-17,29,37H,2,7-9,18-23H2,(H,35,38)/t29-,32-/m0/s1. The van der Waals surface area contributed by atoms with E-state index in [0.29, 0.717) is 43.0 Å². The van der Waals surface area contributed by atoms with Crippen LogP contribution in [0.1, 0.15) is 49.3 Å². The van der Waals surface area contributed by atoms with Gasteiger partial charge in [0.2, 0.25) is 5.90 Å². The molecule has 43 heavy (non-hydrogen) atoms. The van der Waals surface area contributed by atoms with E-state index in [1.807, 2.05) is 29.3 Å². The number of carbonyl (C=O) groups excluding carboxylic acids is 1. The number of ether oxygens (including phenoxy) is 2. The first-order valence-electron chi connectivity index (χ1n) is 14.5. The maximum atomic E-state index is 14.4. The van der Waals surface area contributed by atoms with E-state index in [-0.39, 0.29) is 29.6 Å². The van der Waals surface area contributed by atoms with Gasteiger partial charge in [-0.3, -0.25) is 10.2 Å². The Labute approximate surface area is 260 Å². The fraction of sp³-hybridized carbons (Fsp3) is 0.375. The first-order chi connectivity index (χ1) is 20.8. The molecule has 0 aromatic heterocycles. The van der Waals surface area contributed by atoms with Gasteiger partial charge in [0.25, 0.3) is 5.91 Å². The molecule has 2 N–H and O–H groups in total. The minimum atomic E-state index is -3.73. The molecule has 3 aromatic carbocycles. The van der Waals surface area contributed by atoms with Crippen LogP contribution >= 0.6 is 15.9 Å². The summed E-state index contributed by atoms with van der Waals surface area (Å²) in [6, 6.07) is 22.8. The lowest BCUT2D eigenvalue weighted by Gasteiger charge is -2.34. The predicted octanol–water partition coefficient (Wildman–Crippen LogP) is 4.85. The van der Waals surface area contributed by atoms with Gasteiger partial charge in [-0.25, -0.2) is 18.4 Å². The third-order valence-electron chi connectivity index (χ3n) is 7.69. The van der Waals surface area contributed by atoms with Gasteiger partial charge < -0.3 is 14.6 Å². The van der Waals surface area contributed by atoms with Gasteiger partial charge >= 0.3 is 0 Å². The zero-order valence-corrected chi connectivity index (χ0v) is 26.2. The summed E-state index contributed by atoms with van der Waals surface area (Å²) >= 11 is 3.62. The van der Waals surface area contributed by atoms with Gasteiger partial charge in [0.1, 0.15) is 5.75 Å². The minimum absolute atomic E-state index is 0.0424. The maximum Gasteiger partial charge on any atom is 0.266 e. The van der Waals surface area contributed by atoms with Crippen LogP contribution in [0.25, 0.3) is 0 Å². The van der Waals surface area contributed by atoms with Gasteiger partial charge in [-0.2, -0.15) is 0 Å². The molecule has 1 amide bonds. The number of amides is 1. The van der Waals surface area contributed by atoms with Crippen molar-refractivity contribution in [2.75, 3.05) is 32.1 Å². The molecular formula is C32H36BrN3O6S. The molecule has 0 bridgehead atoms. The quantitative estimate of drug-likeness (QED) is 0.265. The number of rotatable bonds is 12. The van der Waals surface area contributed by atoms with Crippen LogP contribution in [0.5, 0.6) is 5.75 Å². The van der Waals surface area contributed by atoms with Crippen LogP contribution < -0.4 is 10.2 Å². The number of hydrogen-bond donors (Lipinski definition) is 2. The Morgan fingerprint density at radius 1 is 1.02 bits per heavy atom. The molecule has 1 fully saturated rings. The molecule has 0 aliphatic carbocycles. The lowest BCUT2D eigenvalue weighted by atomic mass is 9.85. The molecule has 0 radical (unpaired) electrons. The van der Waals surface area contributed by atoms with E-state index in [1.165, 1.54) is 0 Å². The largest absolute Gasteiger partial charge is 0.494 e. The molecule has 2 atom stereocenters. The van der Waals surface area contributed by atoms with Crippen LogP contribution in [0.3, 0.4) is 0 Å². The summed E-state index contributed by atoms with van der Waals surface area (Å²) in [7, 11) is -3.73. The average Bonchev–Trinajstić information content (AvgIpc) is 3.42. The third-order valence-corrected chi connectivity index (χ3v) is 10.1. The normalized spacial score (nSPS) is 20.7. The molecule has 2 aliphatic heterocycles. The summed E-state index contributed by atoms with van der Waals surface area (Å²) in [5.41, 5.74) is 2.81. The number of piperidine rings is 1. The van der Waals surface area contributed by atoms with Gasteiger partial charge in [-0.05, 0) is 55.3 Å². The van der Waals surface area contributed by atoms with Gasteiger partial charge in [0.15, 0.2) is 21.5 Å².